The van der Waals surface area contributed by atoms with Gasteiger partial charge >= 0.3 is 0 Å². The van der Waals surface area contributed by atoms with Crippen LogP contribution in [0.4, 0.5) is 0 Å². The summed E-state index contributed by atoms with van der Waals surface area (Å²) in [4.78, 5) is 14.6. The summed E-state index contributed by atoms with van der Waals surface area (Å²) in [5.41, 5.74) is 1.95. The Morgan fingerprint density at radius 2 is 2.14 bits per heavy atom. The molecule has 0 aromatic heterocycles. The summed E-state index contributed by atoms with van der Waals surface area (Å²) in [6.45, 7) is 4.95. The van der Waals surface area contributed by atoms with E-state index >= 15 is 0 Å². The van der Waals surface area contributed by atoms with E-state index in [1.807, 2.05) is 30.3 Å². The highest BCUT2D eigenvalue weighted by Gasteiger charge is 2.36. The zero-order chi connectivity index (χ0) is 14.7. The van der Waals surface area contributed by atoms with Crippen LogP contribution in [0, 0.1) is 5.92 Å². The number of nitrogens with zero attached hydrogens (tertiary/aromatic N) is 1. The van der Waals surface area contributed by atoms with Crippen LogP contribution in [0.25, 0.3) is 6.08 Å². The van der Waals surface area contributed by atoms with Gasteiger partial charge in [-0.05, 0) is 43.0 Å². The largest absolute Gasteiger partial charge is 0.494 e. The molecule has 3 aliphatic heterocycles. The third kappa shape index (κ3) is 3.12. The maximum Gasteiger partial charge on any atom is 0.182 e. The molecule has 2 bridgehead atoms. The second-order valence-electron chi connectivity index (χ2n) is 5.93. The summed E-state index contributed by atoms with van der Waals surface area (Å²) in [6.07, 6.45) is 6.28. The first-order chi connectivity index (χ1) is 10.3. The number of unbranched alkanes of at least 4 members (excludes halogenated alkanes) is 1. The van der Waals surface area contributed by atoms with Crippen molar-refractivity contribution in [3.8, 4) is 5.75 Å². The summed E-state index contributed by atoms with van der Waals surface area (Å²) in [6, 6.07) is 8.04. The number of piperidine rings is 3. The molecule has 3 heterocycles. The van der Waals surface area contributed by atoms with Gasteiger partial charge in [-0.1, -0.05) is 25.5 Å². The lowest BCUT2D eigenvalue weighted by Gasteiger charge is -2.41. The molecule has 0 atom stereocenters. The van der Waals surface area contributed by atoms with Crippen molar-refractivity contribution in [2.45, 2.75) is 32.6 Å². The number of ketones is 1. The van der Waals surface area contributed by atoms with Crippen LogP contribution in [0.2, 0.25) is 0 Å². The fourth-order valence-corrected chi connectivity index (χ4v) is 3.10. The lowest BCUT2D eigenvalue weighted by atomic mass is 9.84. The normalized spacial score (nSPS) is 20.3. The SMILES string of the molecule is CCCCOc1cccc(/C=C2/C(=O)C3CCN2CC3)c1. The molecular weight excluding hydrogens is 262 g/mol. The molecule has 0 radical (unpaired) electrons. The molecule has 0 amide bonds. The number of hydrogen-bond acceptors (Lipinski definition) is 3. The second kappa shape index (κ2) is 6.33. The first kappa shape index (κ1) is 14.2. The van der Waals surface area contributed by atoms with Crippen molar-refractivity contribution in [1.29, 1.82) is 0 Å². The van der Waals surface area contributed by atoms with Crippen molar-refractivity contribution in [2.24, 2.45) is 5.92 Å². The number of hydrogen-bond donors (Lipinski definition) is 0. The smallest absolute Gasteiger partial charge is 0.182 e. The number of rotatable bonds is 5. The summed E-state index contributed by atoms with van der Waals surface area (Å²) in [5.74, 6) is 1.47. The molecule has 0 spiro atoms. The highest BCUT2D eigenvalue weighted by Crippen LogP contribution is 2.32. The van der Waals surface area contributed by atoms with E-state index in [0.717, 1.165) is 62.4 Å². The van der Waals surface area contributed by atoms with Crippen LogP contribution in [-0.2, 0) is 4.79 Å². The van der Waals surface area contributed by atoms with Crippen molar-refractivity contribution < 1.29 is 9.53 Å². The molecule has 0 N–H and O–H groups in total. The monoisotopic (exact) mass is 285 g/mol. The Morgan fingerprint density at radius 3 is 2.86 bits per heavy atom. The molecule has 4 rings (SSSR count). The van der Waals surface area contributed by atoms with E-state index < -0.39 is 0 Å². The van der Waals surface area contributed by atoms with Gasteiger partial charge in [0, 0.05) is 19.0 Å². The molecular formula is C18H23NO2. The number of Topliss-reactive ketones (excluding diaryl/α,β-unsaturated/α-hetero) is 1. The van der Waals surface area contributed by atoms with E-state index in [9.17, 15) is 4.79 Å². The number of fused-ring (bicyclic) bond motifs is 3. The lowest BCUT2D eigenvalue weighted by Crippen LogP contribution is -2.45. The Bertz CT molecular complexity index is 542. The van der Waals surface area contributed by atoms with E-state index in [-0.39, 0.29) is 5.92 Å². The molecule has 21 heavy (non-hydrogen) atoms. The van der Waals surface area contributed by atoms with E-state index in [1.54, 1.807) is 0 Å². The van der Waals surface area contributed by atoms with Gasteiger partial charge in [0.15, 0.2) is 5.78 Å². The van der Waals surface area contributed by atoms with Crippen molar-refractivity contribution in [3.05, 3.63) is 35.5 Å². The molecule has 3 nitrogen and oxygen atoms in total. The van der Waals surface area contributed by atoms with Gasteiger partial charge in [0.25, 0.3) is 0 Å². The van der Waals surface area contributed by atoms with Crippen LogP contribution in [-0.4, -0.2) is 30.4 Å². The maximum absolute atomic E-state index is 12.3. The molecule has 3 heteroatoms. The average molecular weight is 285 g/mol. The Morgan fingerprint density at radius 1 is 1.33 bits per heavy atom. The fourth-order valence-electron chi connectivity index (χ4n) is 3.10. The second-order valence-corrected chi connectivity index (χ2v) is 5.93. The van der Waals surface area contributed by atoms with Crippen molar-refractivity contribution in [3.63, 3.8) is 0 Å². The predicted octanol–water partition coefficient (Wildman–Crippen LogP) is 3.50. The van der Waals surface area contributed by atoms with Gasteiger partial charge in [-0.3, -0.25) is 4.79 Å². The molecule has 0 aliphatic carbocycles. The Balaban J connectivity index is 1.76. The first-order valence-corrected chi connectivity index (χ1v) is 8.01. The third-order valence-corrected chi connectivity index (χ3v) is 4.39. The first-order valence-electron chi connectivity index (χ1n) is 8.01. The molecule has 0 saturated carbocycles. The predicted molar refractivity (Wildman–Crippen MR) is 84.1 cm³/mol. The highest BCUT2D eigenvalue weighted by atomic mass is 16.5. The van der Waals surface area contributed by atoms with Crippen molar-refractivity contribution >= 4 is 11.9 Å². The molecule has 0 unspecified atom stereocenters. The molecule has 1 aromatic carbocycles. The highest BCUT2D eigenvalue weighted by molar-refractivity contribution is 6.01. The third-order valence-electron chi connectivity index (χ3n) is 4.39. The van der Waals surface area contributed by atoms with Crippen molar-refractivity contribution in [1.82, 2.24) is 4.90 Å². The number of allylic oxidation sites excluding steroid dienone is 1. The van der Waals surface area contributed by atoms with Crippen LogP contribution >= 0.6 is 0 Å². The number of benzene rings is 1. The van der Waals surface area contributed by atoms with Gasteiger partial charge in [-0.25, -0.2) is 0 Å². The molecule has 3 fully saturated rings. The van der Waals surface area contributed by atoms with Gasteiger partial charge in [0.05, 0.1) is 12.3 Å². The fraction of sp³-hybridized carbons (Fsp3) is 0.500. The van der Waals surface area contributed by atoms with Gasteiger partial charge < -0.3 is 9.64 Å². The molecule has 3 saturated heterocycles. The van der Waals surface area contributed by atoms with Crippen LogP contribution < -0.4 is 4.74 Å². The van der Waals surface area contributed by atoms with E-state index in [1.165, 1.54) is 0 Å². The summed E-state index contributed by atoms with van der Waals surface area (Å²) >= 11 is 0. The summed E-state index contributed by atoms with van der Waals surface area (Å²) in [5, 5.41) is 0. The van der Waals surface area contributed by atoms with Gasteiger partial charge in [-0.15, -0.1) is 0 Å². The topological polar surface area (TPSA) is 29.5 Å². The number of ether oxygens (including phenoxy) is 1. The van der Waals surface area contributed by atoms with Gasteiger partial charge in [-0.2, -0.15) is 0 Å². The van der Waals surface area contributed by atoms with Crippen LogP contribution in [0.15, 0.2) is 30.0 Å². The number of carbonyl (C=O) groups excluding carboxylic acids is 1. The average Bonchev–Trinajstić information content (AvgIpc) is 2.52. The zero-order valence-electron chi connectivity index (χ0n) is 12.7. The minimum atomic E-state index is 0.255. The lowest BCUT2D eigenvalue weighted by molar-refractivity contribution is -0.125. The summed E-state index contributed by atoms with van der Waals surface area (Å²) in [7, 11) is 0. The zero-order valence-corrected chi connectivity index (χ0v) is 12.7. The van der Waals surface area contributed by atoms with Crippen LogP contribution in [0.5, 0.6) is 5.75 Å². The molecule has 3 aliphatic rings. The Kier molecular flexibility index (Phi) is 4.28. The van der Waals surface area contributed by atoms with E-state index in [4.69, 9.17) is 4.74 Å². The Labute approximate surface area is 126 Å². The van der Waals surface area contributed by atoms with Crippen LogP contribution in [0.1, 0.15) is 38.2 Å². The van der Waals surface area contributed by atoms with Crippen LogP contribution in [0.3, 0.4) is 0 Å². The molecule has 1 aromatic rings. The maximum atomic E-state index is 12.3. The van der Waals surface area contributed by atoms with Crippen molar-refractivity contribution in [2.75, 3.05) is 19.7 Å². The minimum Gasteiger partial charge on any atom is -0.494 e. The van der Waals surface area contributed by atoms with E-state index in [2.05, 4.69) is 11.8 Å². The quantitative estimate of drug-likeness (QED) is 0.612. The van der Waals surface area contributed by atoms with Gasteiger partial charge in [0.1, 0.15) is 5.75 Å². The summed E-state index contributed by atoms with van der Waals surface area (Å²) < 4.78 is 5.74. The standard InChI is InChI=1S/C18H23NO2/c1-2-3-11-21-16-6-4-5-14(12-16)13-17-18(20)15-7-9-19(17)10-8-15/h4-6,12-13,15H,2-3,7-11H2,1H3/b17-13-. The van der Waals surface area contributed by atoms with Gasteiger partial charge in [0.2, 0.25) is 0 Å². The van der Waals surface area contributed by atoms with E-state index in [0.29, 0.717) is 5.78 Å². The number of carbonyl (C=O) groups is 1. The molecule has 112 valence electrons. The Hall–Kier alpha value is -1.77. The minimum absolute atomic E-state index is 0.255.